The second-order valence-corrected chi connectivity index (χ2v) is 5.17. The van der Waals surface area contributed by atoms with Crippen LogP contribution in [0.4, 0.5) is 0 Å². The zero-order valence-electron chi connectivity index (χ0n) is 12.3. The number of hydrogen-bond acceptors (Lipinski definition) is 8. The molecular formula is C10H22CaO8P2+2. The Bertz CT molecular complexity index is 243. The van der Waals surface area contributed by atoms with Gasteiger partial charge in [0.15, 0.2) is 0 Å². The van der Waals surface area contributed by atoms with E-state index < -0.39 is 29.1 Å². The van der Waals surface area contributed by atoms with Gasteiger partial charge in [-0.1, -0.05) is 26.7 Å². The monoisotopic (exact) mass is 372 g/mol. The van der Waals surface area contributed by atoms with Gasteiger partial charge in [-0.2, -0.15) is 0 Å². The Hall–Kier alpha value is 1.22. The summed E-state index contributed by atoms with van der Waals surface area (Å²) >= 11 is 0. The Kier molecular flexibility index (Phi) is 24.8. The minimum Gasteiger partial charge on any atom is -0.566 e. The van der Waals surface area contributed by atoms with Gasteiger partial charge in [-0.15, -0.1) is 9.05 Å². The SMILES string of the molecule is CCCCC(O)O[P+](=O)[O-].CCCCC(O)O[P+](=O)[O-].[Ca+2]. The maximum absolute atomic E-state index is 9.83. The molecule has 0 rings (SSSR count). The number of unbranched alkanes of at least 4 members (excludes halogenated alkanes) is 2. The van der Waals surface area contributed by atoms with E-state index in [2.05, 4.69) is 9.05 Å². The van der Waals surface area contributed by atoms with Crippen LogP contribution in [0, 0.1) is 0 Å². The third-order valence-corrected chi connectivity index (χ3v) is 2.86. The molecule has 2 N–H and O–H groups in total. The van der Waals surface area contributed by atoms with Crippen molar-refractivity contribution in [3.05, 3.63) is 0 Å². The van der Waals surface area contributed by atoms with E-state index >= 15 is 0 Å². The minimum absolute atomic E-state index is 0. The maximum atomic E-state index is 9.83. The van der Waals surface area contributed by atoms with Crippen molar-refractivity contribution in [2.45, 2.75) is 65.0 Å². The summed E-state index contributed by atoms with van der Waals surface area (Å²) in [7, 11) is -5.81. The molecule has 120 valence electrons. The van der Waals surface area contributed by atoms with Crippen molar-refractivity contribution in [2.75, 3.05) is 0 Å². The summed E-state index contributed by atoms with van der Waals surface area (Å²) in [6.07, 6.45) is 1.81. The fourth-order valence-corrected chi connectivity index (χ4v) is 1.67. The average molecular weight is 372 g/mol. The first-order valence-electron chi connectivity index (χ1n) is 6.31. The molecule has 0 aliphatic heterocycles. The zero-order valence-corrected chi connectivity index (χ0v) is 16.3. The van der Waals surface area contributed by atoms with Crippen LogP contribution >= 0.6 is 16.5 Å². The van der Waals surface area contributed by atoms with Crippen LogP contribution in [-0.4, -0.2) is 60.5 Å². The Morgan fingerprint density at radius 1 is 0.905 bits per heavy atom. The molecule has 0 aliphatic rings. The fraction of sp³-hybridized carbons (Fsp3) is 1.00. The van der Waals surface area contributed by atoms with E-state index in [9.17, 15) is 18.9 Å². The molecule has 4 unspecified atom stereocenters. The summed E-state index contributed by atoms with van der Waals surface area (Å²) < 4.78 is 27.8. The van der Waals surface area contributed by atoms with E-state index in [1.165, 1.54) is 0 Å². The van der Waals surface area contributed by atoms with Gasteiger partial charge >= 0.3 is 54.2 Å². The van der Waals surface area contributed by atoms with Gasteiger partial charge in [0.1, 0.15) is 0 Å². The van der Waals surface area contributed by atoms with Crippen molar-refractivity contribution in [2.24, 2.45) is 0 Å². The summed E-state index contributed by atoms with van der Waals surface area (Å²) in [6, 6.07) is 0. The maximum Gasteiger partial charge on any atom is 2.00 e. The molecule has 4 atom stereocenters. The minimum atomic E-state index is -2.91. The molecule has 0 aromatic heterocycles. The molecule has 0 spiro atoms. The van der Waals surface area contributed by atoms with E-state index in [-0.39, 0.29) is 37.7 Å². The average Bonchev–Trinajstić information content (AvgIpc) is 2.33. The number of aliphatic hydroxyl groups is 2. The molecule has 21 heavy (non-hydrogen) atoms. The summed E-state index contributed by atoms with van der Waals surface area (Å²) in [6.45, 7) is 3.90. The Morgan fingerprint density at radius 2 is 1.19 bits per heavy atom. The molecule has 0 saturated heterocycles. The Morgan fingerprint density at radius 3 is 1.38 bits per heavy atom. The summed E-state index contributed by atoms with van der Waals surface area (Å²) in [4.78, 5) is 19.7. The van der Waals surface area contributed by atoms with Gasteiger partial charge in [-0.3, -0.25) is 0 Å². The molecule has 11 heteroatoms. The molecule has 0 aromatic carbocycles. The second-order valence-electron chi connectivity index (χ2n) is 3.85. The smallest absolute Gasteiger partial charge is 0.566 e. The van der Waals surface area contributed by atoms with E-state index in [1.807, 2.05) is 13.8 Å². The van der Waals surface area contributed by atoms with Crippen LogP contribution in [0.15, 0.2) is 0 Å². The standard InChI is InChI=1S/2C5H11O4P.Ca/c2*1-2-3-4-5(6)9-10(7)8;/h2*5-6H,2-4H2,1H3;/q;;+2. The van der Waals surface area contributed by atoms with Crippen molar-refractivity contribution < 1.29 is 38.2 Å². The molecule has 0 amide bonds. The van der Waals surface area contributed by atoms with Crippen molar-refractivity contribution in [1.29, 1.82) is 0 Å². The van der Waals surface area contributed by atoms with E-state index in [1.54, 1.807) is 0 Å². The first-order chi connectivity index (χ1) is 9.33. The zero-order chi connectivity index (χ0) is 16.0. The van der Waals surface area contributed by atoms with Crippen LogP contribution in [0.3, 0.4) is 0 Å². The van der Waals surface area contributed by atoms with Crippen LogP contribution in [0.25, 0.3) is 0 Å². The summed E-state index contributed by atoms with van der Waals surface area (Å²) in [5.41, 5.74) is 0. The predicted octanol–water partition coefficient (Wildman–Crippen LogP) is 0.678. The number of rotatable bonds is 10. The molecule has 0 saturated carbocycles. The third kappa shape index (κ3) is 26.4. The van der Waals surface area contributed by atoms with Crippen molar-refractivity contribution in [3.8, 4) is 0 Å². The van der Waals surface area contributed by atoms with Gasteiger partial charge in [0.25, 0.3) is 0 Å². The molecule has 0 aliphatic carbocycles. The largest absolute Gasteiger partial charge is 2.00 e. The van der Waals surface area contributed by atoms with Gasteiger partial charge in [0.2, 0.25) is 12.6 Å². The quantitative estimate of drug-likeness (QED) is 0.324. The van der Waals surface area contributed by atoms with Crippen LogP contribution < -0.4 is 9.79 Å². The van der Waals surface area contributed by atoms with Gasteiger partial charge in [0, 0.05) is 12.8 Å². The third-order valence-electron chi connectivity index (χ3n) is 2.02. The normalized spacial score (nSPS) is 14.2. The van der Waals surface area contributed by atoms with E-state index in [0.717, 1.165) is 25.7 Å². The molecular weight excluding hydrogens is 350 g/mol. The molecule has 8 nitrogen and oxygen atoms in total. The van der Waals surface area contributed by atoms with Crippen LogP contribution in [0.2, 0.25) is 0 Å². The summed E-state index contributed by atoms with van der Waals surface area (Å²) in [5, 5.41) is 17.5. The molecule has 0 fully saturated rings. The van der Waals surface area contributed by atoms with Gasteiger partial charge in [0.05, 0.1) is 0 Å². The van der Waals surface area contributed by atoms with Gasteiger partial charge < -0.3 is 20.0 Å². The topological polar surface area (TPSA) is 139 Å². The van der Waals surface area contributed by atoms with Crippen molar-refractivity contribution in [1.82, 2.24) is 0 Å². The van der Waals surface area contributed by atoms with Crippen molar-refractivity contribution >= 4 is 54.2 Å². The van der Waals surface area contributed by atoms with E-state index in [0.29, 0.717) is 12.8 Å². The van der Waals surface area contributed by atoms with Crippen LogP contribution in [0.1, 0.15) is 52.4 Å². The summed E-state index contributed by atoms with van der Waals surface area (Å²) in [5.74, 6) is 0. The number of aliphatic hydroxyl groups excluding tert-OH is 2. The molecule has 0 aromatic rings. The van der Waals surface area contributed by atoms with Crippen molar-refractivity contribution in [3.63, 3.8) is 0 Å². The number of hydrogen-bond donors (Lipinski definition) is 2. The first kappa shape index (κ1) is 27.1. The van der Waals surface area contributed by atoms with E-state index in [4.69, 9.17) is 10.2 Å². The molecule has 0 radical (unpaired) electrons. The van der Waals surface area contributed by atoms with Gasteiger partial charge in [-0.25, -0.2) is 0 Å². The first-order valence-corrected chi connectivity index (χ1v) is 8.50. The fourth-order valence-electron chi connectivity index (χ4n) is 1.06. The molecule has 0 heterocycles. The Balaban J connectivity index is -0.000000295. The molecule has 0 bridgehead atoms. The predicted molar refractivity (Wildman–Crippen MR) is 74.2 cm³/mol. The second kappa shape index (κ2) is 19.3. The van der Waals surface area contributed by atoms with Crippen LogP contribution in [0.5, 0.6) is 0 Å². The van der Waals surface area contributed by atoms with Crippen LogP contribution in [-0.2, 0) is 18.2 Å². The van der Waals surface area contributed by atoms with Gasteiger partial charge in [-0.05, 0) is 22.0 Å². The Labute approximate surface area is 156 Å².